The number of carbonyl (C=O) groups excluding carboxylic acids is 1. The summed E-state index contributed by atoms with van der Waals surface area (Å²) in [5, 5.41) is 1.82. The maximum atomic E-state index is 13.0. The quantitative estimate of drug-likeness (QED) is 0.870. The van der Waals surface area contributed by atoms with Gasteiger partial charge in [-0.25, -0.2) is 0 Å². The monoisotopic (exact) mass is 246 g/mol. The third-order valence-electron chi connectivity index (χ3n) is 2.45. The second kappa shape index (κ2) is 4.56. The standard InChI is InChI=1S/C13H16ClNO/c1-15-13(9-5-4-8-12(13)16)10-6-2-3-7-11(10)14/h2-3,6-7,15H,4-5,8-9H2,1H3/i1D3,4D2,8D2,9D2. The van der Waals surface area contributed by atoms with Crippen LogP contribution in [0.25, 0.3) is 0 Å². The highest BCUT2D eigenvalue weighted by atomic mass is 35.5. The summed E-state index contributed by atoms with van der Waals surface area (Å²) in [4.78, 5) is 13.0. The van der Waals surface area contributed by atoms with Crippen molar-refractivity contribution >= 4 is 17.4 Å². The number of rotatable bonds is 2. The van der Waals surface area contributed by atoms with Crippen molar-refractivity contribution in [1.82, 2.24) is 5.32 Å². The minimum atomic E-state index is -3.13. The van der Waals surface area contributed by atoms with Crippen molar-refractivity contribution in [3.05, 3.63) is 34.9 Å². The van der Waals surface area contributed by atoms with Crippen LogP contribution in [0.2, 0.25) is 5.02 Å². The molecule has 0 heterocycles. The molecule has 3 heteroatoms. The van der Waals surface area contributed by atoms with Gasteiger partial charge in [0, 0.05) is 23.7 Å². The Morgan fingerprint density at radius 1 is 1.56 bits per heavy atom. The summed E-state index contributed by atoms with van der Waals surface area (Å²) in [6, 6.07) is 5.45. The van der Waals surface area contributed by atoms with Crippen LogP contribution in [-0.2, 0) is 10.3 Å². The third-order valence-corrected chi connectivity index (χ3v) is 2.78. The molecular formula is C13H16ClNO. The van der Waals surface area contributed by atoms with E-state index < -0.39 is 43.8 Å². The fourth-order valence-corrected chi connectivity index (χ4v) is 1.90. The molecule has 0 aromatic heterocycles. The normalized spacial score (nSPS) is 44.3. The van der Waals surface area contributed by atoms with E-state index in [0.29, 0.717) is 0 Å². The molecule has 1 saturated carbocycles. The Kier molecular flexibility index (Phi) is 1.36. The number of Topliss-reactive ketones (excluding diaryl/α,β-unsaturated/α-hetero) is 1. The Labute approximate surface area is 114 Å². The van der Waals surface area contributed by atoms with Crippen LogP contribution in [0.5, 0.6) is 0 Å². The number of hydrogen-bond acceptors (Lipinski definition) is 2. The van der Waals surface area contributed by atoms with Crippen molar-refractivity contribution in [2.75, 3.05) is 6.98 Å². The lowest BCUT2D eigenvalue weighted by molar-refractivity contribution is -0.127. The van der Waals surface area contributed by atoms with E-state index in [0.717, 1.165) is 0 Å². The van der Waals surface area contributed by atoms with E-state index in [1.807, 2.05) is 5.32 Å². The lowest BCUT2D eigenvalue weighted by atomic mass is 9.75. The average Bonchev–Trinajstić information content (AvgIpc) is 2.41. The van der Waals surface area contributed by atoms with Gasteiger partial charge in [-0.15, -0.1) is 0 Å². The zero-order valence-corrected chi connectivity index (χ0v) is 9.06. The average molecular weight is 247 g/mol. The maximum absolute atomic E-state index is 13.0. The molecule has 1 fully saturated rings. The van der Waals surface area contributed by atoms with Crippen LogP contribution in [0.1, 0.15) is 43.4 Å². The predicted octanol–water partition coefficient (Wildman–Crippen LogP) is 2.90. The molecular weight excluding hydrogens is 222 g/mol. The number of nitrogens with one attached hydrogen (secondary N) is 1. The molecule has 1 atom stereocenters. The molecule has 2 rings (SSSR count). The molecule has 1 aromatic carbocycles. The van der Waals surface area contributed by atoms with E-state index in [-0.39, 0.29) is 10.6 Å². The Morgan fingerprint density at radius 2 is 2.38 bits per heavy atom. The molecule has 1 aliphatic rings. The van der Waals surface area contributed by atoms with E-state index in [9.17, 15) is 4.79 Å². The first kappa shape index (κ1) is 4.79. The Morgan fingerprint density at radius 3 is 3.12 bits per heavy atom. The van der Waals surface area contributed by atoms with Crippen LogP contribution in [0.3, 0.4) is 0 Å². The van der Waals surface area contributed by atoms with Crippen molar-refractivity contribution in [3.8, 4) is 0 Å². The summed E-state index contributed by atoms with van der Waals surface area (Å²) in [5.74, 6) is -1.55. The molecule has 1 unspecified atom stereocenters. The van der Waals surface area contributed by atoms with Crippen molar-refractivity contribution < 1.29 is 17.1 Å². The number of ketones is 1. The van der Waals surface area contributed by atoms with Gasteiger partial charge in [-0.2, -0.15) is 0 Å². The van der Waals surface area contributed by atoms with Crippen LogP contribution in [0.15, 0.2) is 24.3 Å². The van der Waals surface area contributed by atoms with Gasteiger partial charge in [-0.05, 0) is 31.4 Å². The van der Waals surface area contributed by atoms with E-state index in [1.165, 1.54) is 24.3 Å². The molecule has 1 aliphatic carbocycles. The van der Waals surface area contributed by atoms with Crippen LogP contribution in [-0.4, -0.2) is 12.8 Å². The summed E-state index contributed by atoms with van der Waals surface area (Å²) in [7, 11) is 0. The van der Waals surface area contributed by atoms with Crippen molar-refractivity contribution in [2.45, 2.75) is 31.1 Å². The summed E-state index contributed by atoms with van der Waals surface area (Å²) < 4.78 is 70.3. The molecule has 0 spiro atoms. The van der Waals surface area contributed by atoms with Gasteiger partial charge in [-0.3, -0.25) is 4.79 Å². The van der Waals surface area contributed by atoms with Gasteiger partial charge in [-0.1, -0.05) is 36.2 Å². The Balaban J connectivity index is 2.86. The van der Waals surface area contributed by atoms with E-state index in [4.69, 9.17) is 23.9 Å². The van der Waals surface area contributed by atoms with Crippen LogP contribution in [0.4, 0.5) is 0 Å². The Hall–Kier alpha value is -0.860. The van der Waals surface area contributed by atoms with Crippen LogP contribution in [0, 0.1) is 0 Å². The molecule has 0 aliphatic heterocycles. The number of halogens is 1. The van der Waals surface area contributed by atoms with Crippen molar-refractivity contribution in [2.24, 2.45) is 0 Å². The van der Waals surface area contributed by atoms with Crippen LogP contribution < -0.4 is 5.32 Å². The van der Waals surface area contributed by atoms with Gasteiger partial charge in [0.1, 0.15) is 5.54 Å². The van der Waals surface area contributed by atoms with Gasteiger partial charge in [0.25, 0.3) is 0 Å². The van der Waals surface area contributed by atoms with E-state index in [2.05, 4.69) is 0 Å². The number of carbonyl (C=O) groups is 1. The van der Waals surface area contributed by atoms with Gasteiger partial charge in [0.05, 0.1) is 0 Å². The van der Waals surface area contributed by atoms with Crippen LogP contribution >= 0.6 is 11.6 Å². The largest absolute Gasteiger partial charge is 0.304 e. The molecule has 86 valence electrons. The topological polar surface area (TPSA) is 29.1 Å². The molecule has 0 amide bonds. The maximum Gasteiger partial charge on any atom is 0.157 e. The van der Waals surface area contributed by atoms with Gasteiger partial charge >= 0.3 is 0 Å². The first-order valence-electron chi connectivity index (χ1n) is 9.18. The SMILES string of the molecule is [2H]C([2H])([2H])NC1(c2ccccc2Cl)C(=O)C([2H])([2H])C([2H])([2H])CC1([2H])[2H]. The summed E-state index contributed by atoms with van der Waals surface area (Å²) in [6.07, 6.45) is -9.75. The summed E-state index contributed by atoms with van der Waals surface area (Å²) in [5.41, 5.74) is -2.92. The predicted molar refractivity (Wildman–Crippen MR) is 65.7 cm³/mol. The Bertz CT molecular complexity index is 703. The fourth-order valence-electron chi connectivity index (χ4n) is 1.63. The highest BCUT2D eigenvalue weighted by Crippen LogP contribution is 2.37. The number of likely N-dealkylation sites (N-methyl/N-ethyl adjacent to an activating group) is 1. The zero-order valence-electron chi connectivity index (χ0n) is 17.3. The lowest BCUT2D eigenvalue weighted by Crippen LogP contribution is -2.49. The van der Waals surface area contributed by atoms with Crippen molar-refractivity contribution in [1.29, 1.82) is 0 Å². The fraction of sp³-hybridized carbons (Fsp3) is 0.462. The minimum Gasteiger partial charge on any atom is -0.304 e. The highest BCUT2D eigenvalue weighted by molar-refractivity contribution is 6.31. The van der Waals surface area contributed by atoms with Gasteiger partial charge in [0.2, 0.25) is 0 Å². The zero-order chi connectivity index (χ0) is 19.5. The number of hydrogen-bond donors (Lipinski definition) is 1. The second-order valence-corrected chi connectivity index (χ2v) is 3.75. The molecule has 1 N–H and O–H groups in total. The molecule has 16 heavy (non-hydrogen) atoms. The smallest absolute Gasteiger partial charge is 0.157 e. The molecule has 2 nitrogen and oxygen atoms in total. The van der Waals surface area contributed by atoms with Crippen molar-refractivity contribution in [3.63, 3.8) is 0 Å². The highest BCUT2D eigenvalue weighted by Gasteiger charge is 2.40. The van der Waals surface area contributed by atoms with E-state index in [1.54, 1.807) is 0 Å². The minimum absolute atomic E-state index is 0.130. The van der Waals surface area contributed by atoms with Gasteiger partial charge in [0.15, 0.2) is 5.78 Å². The molecule has 0 bridgehead atoms. The van der Waals surface area contributed by atoms with Gasteiger partial charge < -0.3 is 5.32 Å². The second-order valence-electron chi connectivity index (χ2n) is 3.34. The summed E-state index contributed by atoms with van der Waals surface area (Å²) in [6.45, 7) is -3.01. The molecule has 0 saturated heterocycles. The lowest BCUT2D eigenvalue weighted by Gasteiger charge is -2.36. The third kappa shape index (κ3) is 1.76. The summed E-state index contributed by atoms with van der Waals surface area (Å²) >= 11 is 6.07. The molecule has 0 radical (unpaired) electrons. The van der Waals surface area contributed by atoms with E-state index >= 15 is 0 Å². The first-order chi connectivity index (χ1) is 11.1. The first-order valence-corrected chi connectivity index (χ1v) is 5.06. The molecule has 1 aromatic rings. The number of benzene rings is 1.